The van der Waals surface area contributed by atoms with Gasteiger partial charge >= 0.3 is 0 Å². The smallest absolute Gasteiger partial charge is 0.254 e. The fraction of sp³-hybridized carbons (Fsp3) is 0.348. The highest BCUT2D eigenvalue weighted by molar-refractivity contribution is 5.98. The summed E-state index contributed by atoms with van der Waals surface area (Å²) in [5.41, 5.74) is 2.03. The first-order valence-corrected chi connectivity index (χ1v) is 9.85. The van der Waals surface area contributed by atoms with Crippen LogP contribution >= 0.6 is 0 Å². The van der Waals surface area contributed by atoms with Crippen LogP contribution in [0, 0.1) is 12.8 Å². The van der Waals surface area contributed by atoms with Gasteiger partial charge in [0, 0.05) is 17.8 Å². The van der Waals surface area contributed by atoms with E-state index in [0.29, 0.717) is 23.5 Å². The van der Waals surface area contributed by atoms with Crippen LogP contribution in [0.15, 0.2) is 48.5 Å². The minimum absolute atomic E-state index is 0.110. The Morgan fingerprint density at radius 3 is 2.27 bits per heavy atom. The van der Waals surface area contributed by atoms with Crippen molar-refractivity contribution in [3.05, 3.63) is 59.7 Å². The molecule has 3 amide bonds. The predicted octanol–water partition coefficient (Wildman–Crippen LogP) is 2.86. The minimum atomic E-state index is -0.387. The molecule has 0 atom stereocenters. The molecule has 0 heterocycles. The normalized spacial score (nSPS) is 10.4. The Balaban J connectivity index is 1.92. The molecule has 0 aliphatic carbocycles. The fourth-order valence-corrected chi connectivity index (χ4v) is 2.93. The summed E-state index contributed by atoms with van der Waals surface area (Å²) >= 11 is 0. The molecule has 0 saturated carbocycles. The summed E-state index contributed by atoms with van der Waals surface area (Å²) in [4.78, 5) is 38.9. The number of methoxy groups -OCH3 is 1. The van der Waals surface area contributed by atoms with Gasteiger partial charge in [0.05, 0.1) is 20.2 Å². The lowest BCUT2D eigenvalue weighted by Crippen LogP contribution is -2.44. The number of carbonyl (C=O) groups is 3. The molecule has 0 aromatic heterocycles. The van der Waals surface area contributed by atoms with E-state index in [0.717, 1.165) is 5.56 Å². The molecule has 2 aromatic rings. The summed E-state index contributed by atoms with van der Waals surface area (Å²) in [6.45, 7) is 5.99. The van der Waals surface area contributed by atoms with Gasteiger partial charge in [0.15, 0.2) is 0 Å². The van der Waals surface area contributed by atoms with E-state index in [1.165, 1.54) is 4.90 Å². The number of ether oxygens (including phenoxy) is 1. The van der Waals surface area contributed by atoms with Crippen LogP contribution in [0.2, 0.25) is 0 Å². The zero-order valence-electron chi connectivity index (χ0n) is 17.9. The molecule has 7 heteroatoms. The fourth-order valence-electron chi connectivity index (χ4n) is 2.93. The second-order valence-corrected chi connectivity index (χ2v) is 7.45. The third kappa shape index (κ3) is 6.92. The number of nitrogens with one attached hydrogen (secondary N) is 2. The largest absolute Gasteiger partial charge is 0.497 e. The molecule has 0 radical (unpaired) electrons. The Labute approximate surface area is 177 Å². The quantitative estimate of drug-likeness (QED) is 0.664. The minimum Gasteiger partial charge on any atom is -0.497 e. The lowest BCUT2D eigenvalue weighted by Gasteiger charge is -2.24. The van der Waals surface area contributed by atoms with Gasteiger partial charge in [0.25, 0.3) is 5.91 Å². The van der Waals surface area contributed by atoms with E-state index in [2.05, 4.69) is 10.6 Å². The van der Waals surface area contributed by atoms with E-state index in [1.54, 1.807) is 43.5 Å². The van der Waals surface area contributed by atoms with Crippen LogP contribution in [0.25, 0.3) is 0 Å². The van der Waals surface area contributed by atoms with Gasteiger partial charge < -0.3 is 20.3 Å². The van der Waals surface area contributed by atoms with E-state index in [-0.39, 0.29) is 36.7 Å². The van der Waals surface area contributed by atoms with Crippen molar-refractivity contribution in [2.45, 2.75) is 20.8 Å². The van der Waals surface area contributed by atoms with Crippen LogP contribution in [0.1, 0.15) is 29.8 Å². The number of amides is 3. The number of carbonyl (C=O) groups excluding carboxylic acids is 3. The van der Waals surface area contributed by atoms with Crippen molar-refractivity contribution in [3.8, 4) is 5.75 Å². The lowest BCUT2D eigenvalue weighted by molar-refractivity contribution is -0.124. The monoisotopic (exact) mass is 411 g/mol. The molecule has 2 aromatic carbocycles. The van der Waals surface area contributed by atoms with Crippen LogP contribution in [0.3, 0.4) is 0 Å². The van der Waals surface area contributed by atoms with Crippen molar-refractivity contribution in [3.63, 3.8) is 0 Å². The molecule has 0 spiro atoms. The number of hydrogen-bond acceptors (Lipinski definition) is 4. The van der Waals surface area contributed by atoms with Gasteiger partial charge in [-0.05, 0) is 48.7 Å². The summed E-state index contributed by atoms with van der Waals surface area (Å²) < 4.78 is 5.07. The number of aryl methyl sites for hydroxylation is 1. The highest BCUT2D eigenvalue weighted by Gasteiger charge is 2.21. The standard InChI is InChI=1S/C23H29N3O4/c1-16(2)14-26(23(29)20-8-6-5-7-17(20)3)15-22(28)24-13-21(27)25-18-9-11-19(30-4)12-10-18/h5-12,16H,13-15H2,1-4H3,(H,24,28)(H,25,27). The van der Waals surface area contributed by atoms with E-state index >= 15 is 0 Å². The van der Waals surface area contributed by atoms with Crippen molar-refractivity contribution in [1.82, 2.24) is 10.2 Å². The van der Waals surface area contributed by atoms with Crippen LogP contribution < -0.4 is 15.4 Å². The van der Waals surface area contributed by atoms with E-state index in [9.17, 15) is 14.4 Å². The van der Waals surface area contributed by atoms with Crippen LogP contribution in [0.5, 0.6) is 5.75 Å². The zero-order chi connectivity index (χ0) is 22.1. The second-order valence-electron chi connectivity index (χ2n) is 7.45. The molecule has 160 valence electrons. The number of benzene rings is 2. The number of anilines is 1. The third-order valence-electron chi connectivity index (χ3n) is 4.40. The number of nitrogens with zero attached hydrogens (tertiary/aromatic N) is 1. The average molecular weight is 412 g/mol. The maximum atomic E-state index is 12.9. The van der Waals surface area contributed by atoms with Gasteiger partial charge in [-0.2, -0.15) is 0 Å². The highest BCUT2D eigenvalue weighted by atomic mass is 16.5. The Hall–Kier alpha value is -3.35. The van der Waals surface area contributed by atoms with Crippen molar-refractivity contribution < 1.29 is 19.1 Å². The molecule has 0 bridgehead atoms. The van der Waals surface area contributed by atoms with Crippen molar-refractivity contribution in [2.24, 2.45) is 5.92 Å². The van der Waals surface area contributed by atoms with Gasteiger partial charge in [-0.1, -0.05) is 32.0 Å². The molecule has 30 heavy (non-hydrogen) atoms. The third-order valence-corrected chi connectivity index (χ3v) is 4.40. The molecular weight excluding hydrogens is 382 g/mol. The molecule has 2 rings (SSSR count). The van der Waals surface area contributed by atoms with Gasteiger partial charge in [-0.3, -0.25) is 14.4 Å². The number of hydrogen-bond donors (Lipinski definition) is 2. The molecule has 0 aliphatic rings. The first-order valence-electron chi connectivity index (χ1n) is 9.85. The summed E-state index contributed by atoms with van der Waals surface area (Å²) in [5.74, 6) is -0.0507. The summed E-state index contributed by atoms with van der Waals surface area (Å²) in [5, 5.41) is 5.28. The second kappa shape index (κ2) is 11.0. The van der Waals surface area contributed by atoms with Crippen LogP contribution in [-0.4, -0.2) is 49.4 Å². The van der Waals surface area contributed by atoms with Crippen molar-refractivity contribution in [2.75, 3.05) is 32.1 Å². The van der Waals surface area contributed by atoms with Gasteiger partial charge in [0.2, 0.25) is 11.8 Å². The molecular formula is C23H29N3O4. The van der Waals surface area contributed by atoms with E-state index in [1.807, 2.05) is 32.9 Å². The molecule has 0 aliphatic heterocycles. The lowest BCUT2D eigenvalue weighted by atomic mass is 10.1. The molecule has 0 fully saturated rings. The van der Waals surface area contributed by atoms with Crippen molar-refractivity contribution >= 4 is 23.4 Å². The average Bonchev–Trinajstić information content (AvgIpc) is 2.72. The maximum absolute atomic E-state index is 12.9. The summed E-state index contributed by atoms with van der Waals surface area (Å²) in [7, 11) is 1.57. The molecule has 0 saturated heterocycles. The topological polar surface area (TPSA) is 87.7 Å². The Bertz CT molecular complexity index is 878. The summed E-state index contributed by atoms with van der Waals surface area (Å²) in [6.07, 6.45) is 0. The maximum Gasteiger partial charge on any atom is 0.254 e. The molecule has 2 N–H and O–H groups in total. The van der Waals surface area contributed by atoms with Crippen molar-refractivity contribution in [1.29, 1.82) is 0 Å². The van der Waals surface area contributed by atoms with Crippen LogP contribution in [-0.2, 0) is 9.59 Å². The van der Waals surface area contributed by atoms with Gasteiger partial charge in [-0.25, -0.2) is 0 Å². The number of rotatable bonds is 9. The summed E-state index contributed by atoms with van der Waals surface area (Å²) in [6, 6.07) is 14.2. The van der Waals surface area contributed by atoms with Gasteiger partial charge in [-0.15, -0.1) is 0 Å². The van der Waals surface area contributed by atoms with E-state index in [4.69, 9.17) is 4.74 Å². The first-order chi connectivity index (χ1) is 14.3. The van der Waals surface area contributed by atoms with Gasteiger partial charge in [0.1, 0.15) is 5.75 Å². The van der Waals surface area contributed by atoms with E-state index < -0.39 is 0 Å². The first kappa shape index (κ1) is 22.9. The van der Waals surface area contributed by atoms with Crippen LogP contribution in [0.4, 0.5) is 5.69 Å². The molecule has 0 unspecified atom stereocenters. The molecule has 7 nitrogen and oxygen atoms in total. The highest BCUT2D eigenvalue weighted by Crippen LogP contribution is 2.15. The SMILES string of the molecule is COc1ccc(NC(=O)CNC(=O)CN(CC(C)C)C(=O)c2ccccc2C)cc1. The Kier molecular flexibility index (Phi) is 8.41. The Morgan fingerprint density at radius 2 is 1.67 bits per heavy atom. The zero-order valence-corrected chi connectivity index (χ0v) is 17.9. The Morgan fingerprint density at radius 1 is 1.00 bits per heavy atom. The predicted molar refractivity (Wildman–Crippen MR) is 117 cm³/mol.